The van der Waals surface area contributed by atoms with Crippen molar-refractivity contribution < 1.29 is 13.2 Å². The van der Waals surface area contributed by atoms with Crippen LogP contribution >= 0.6 is 0 Å². The molecule has 0 spiro atoms. The molecule has 0 N–H and O–H groups in total. The van der Waals surface area contributed by atoms with E-state index in [1.54, 1.807) is 18.2 Å². The molecule has 0 nitrogen and oxygen atoms in total. The molecule has 0 heterocycles. The highest BCUT2D eigenvalue weighted by Gasteiger charge is 2.12. The molecule has 116 valence electrons. The summed E-state index contributed by atoms with van der Waals surface area (Å²) in [6, 6.07) is 11.9. The van der Waals surface area contributed by atoms with Crippen LogP contribution in [0.1, 0.15) is 12.0 Å². The van der Waals surface area contributed by atoms with Gasteiger partial charge in [-0.2, -0.15) is 0 Å². The van der Waals surface area contributed by atoms with Crippen LogP contribution in [0.4, 0.5) is 13.2 Å². The zero-order chi connectivity index (χ0) is 16.4. The van der Waals surface area contributed by atoms with Crippen molar-refractivity contribution >= 4 is 10.8 Å². The molecule has 0 amide bonds. The molecule has 0 unspecified atom stereocenters. The number of hydrogen-bond donors (Lipinski definition) is 0. The van der Waals surface area contributed by atoms with E-state index in [2.05, 4.69) is 6.58 Å². The first kappa shape index (κ1) is 15.3. The van der Waals surface area contributed by atoms with Gasteiger partial charge >= 0.3 is 0 Å². The van der Waals surface area contributed by atoms with Gasteiger partial charge in [-0.1, -0.05) is 36.4 Å². The fourth-order valence-corrected chi connectivity index (χ4v) is 2.70. The molecule has 0 aliphatic heterocycles. The lowest BCUT2D eigenvalue weighted by Crippen LogP contribution is -1.91. The Morgan fingerprint density at radius 2 is 1.61 bits per heavy atom. The Kier molecular flexibility index (Phi) is 4.20. The zero-order valence-corrected chi connectivity index (χ0v) is 12.5. The lowest BCUT2D eigenvalue weighted by Gasteiger charge is -2.09. The molecule has 0 radical (unpaired) electrons. The largest absolute Gasteiger partial charge is 0.207 e. The van der Waals surface area contributed by atoms with Crippen molar-refractivity contribution in [3.63, 3.8) is 0 Å². The minimum absolute atomic E-state index is 0.190. The maximum Gasteiger partial charge on any atom is 0.138 e. The number of benzene rings is 3. The standard InChI is InChI=1S/C20H15F3/c1-2-3-4-13-5-7-18-14(9-13)6-8-19(20(18)23)15-10-16(21)12-17(22)11-15/h2,5-12H,1,3-4H2. The van der Waals surface area contributed by atoms with Crippen LogP contribution in [0, 0.1) is 17.5 Å². The molecule has 0 aliphatic rings. The van der Waals surface area contributed by atoms with Crippen LogP contribution in [0.25, 0.3) is 21.9 Å². The second kappa shape index (κ2) is 6.29. The number of rotatable bonds is 4. The molecule has 3 heteroatoms. The first-order chi connectivity index (χ1) is 11.1. The molecule has 0 fully saturated rings. The van der Waals surface area contributed by atoms with Gasteiger partial charge in [0.1, 0.15) is 17.5 Å². The summed E-state index contributed by atoms with van der Waals surface area (Å²) in [5, 5.41) is 1.21. The number of allylic oxidation sites excluding steroid dienone is 1. The van der Waals surface area contributed by atoms with Gasteiger partial charge in [-0.15, -0.1) is 6.58 Å². The summed E-state index contributed by atoms with van der Waals surface area (Å²) < 4.78 is 41.5. The van der Waals surface area contributed by atoms with Crippen molar-refractivity contribution in [2.45, 2.75) is 12.8 Å². The second-order valence-electron chi connectivity index (χ2n) is 5.47. The maximum absolute atomic E-state index is 14.7. The first-order valence-electron chi connectivity index (χ1n) is 7.37. The fourth-order valence-electron chi connectivity index (χ4n) is 2.70. The van der Waals surface area contributed by atoms with E-state index >= 15 is 0 Å². The monoisotopic (exact) mass is 312 g/mol. The molecule has 0 atom stereocenters. The van der Waals surface area contributed by atoms with Crippen molar-refractivity contribution in [1.82, 2.24) is 0 Å². The molecule has 0 bridgehead atoms. The highest BCUT2D eigenvalue weighted by atomic mass is 19.1. The van der Waals surface area contributed by atoms with Crippen LogP contribution in [0.15, 0.2) is 61.2 Å². The average Bonchev–Trinajstić information content (AvgIpc) is 2.52. The SMILES string of the molecule is C=CCCc1ccc2c(F)c(-c3cc(F)cc(F)c3)ccc2c1. The molecular formula is C20H15F3. The van der Waals surface area contributed by atoms with Gasteiger partial charge in [-0.25, -0.2) is 13.2 Å². The molecular weight excluding hydrogens is 297 g/mol. The Bertz CT molecular complexity index is 861. The Morgan fingerprint density at radius 1 is 0.870 bits per heavy atom. The number of halogens is 3. The van der Waals surface area contributed by atoms with Crippen molar-refractivity contribution in [3.8, 4) is 11.1 Å². The molecule has 3 aromatic carbocycles. The van der Waals surface area contributed by atoms with Gasteiger partial charge in [0.15, 0.2) is 0 Å². The van der Waals surface area contributed by atoms with E-state index in [4.69, 9.17) is 0 Å². The highest BCUT2D eigenvalue weighted by Crippen LogP contribution is 2.30. The molecule has 3 rings (SSSR count). The normalized spacial score (nSPS) is 10.9. The second-order valence-corrected chi connectivity index (χ2v) is 5.47. The Balaban J connectivity index is 2.10. The van der Waals surface area contributed by atoms with Crippen LogP contribution in [-0.2, 0) is 6.42 Å². The number of fused-ring (bicyclic) bond motifs is 1. The number of aryl methyl sites for hydroxylation is 1. The van der Waals surface area contributed by atoms with Crippen LogP contribution in [0.5, 0.6) is 0 Å². The Labute approximate surface area is 132 Å². The van der Waals surface area contributed by atoms with E-state index in [0.29, 0.717) is 5.39 Å². The molecule has 0 aliphatic carbocycles. The van der Waals surface area contributed by atoms with E-state index < -0.39 is 17.5 Å². The topological polar surface area (TPSA) is 0 Å². The highest BCUT2D eigenvalue weighted by molar-refractivity contribution is 5.88. The lowest BCUT2D eigenvalue weighted by molar-refractivity contribution is 0.583. The molecule has 0 aromatic heterocycles. The van der Waals surface area contributed by atoms with E-state index in [-0.39, 0.29) is 11.1 Å². The third-order valence-corrected chi connectivity index (χ3v) is 3.83. The minimum atomic E-state index is -0.723. The van der Waals surface area contributed by atoms with E-state index in [1.165, 1.54) is 0 Å². The van der Waals surface area contributed by atoms with Gasteiger partial charge in [-0.3, -0.25) is 0 Å². The third-order valence-electron chi connectivity index (χ3n) is 3.83. The third kappa shape index (κ3) is 3.14. The van der Waals surface area contributed by atoms with Crippen LogP contribution in [-0.4, -0.2) is 0 Å². The summed E-state index contributed by atoms with van der Waals surface area (Å²) in [6.45, 7) is 3.69. The number of hydrogen-bond acceptors (Lipinski definition) is 0. The summed E-state index contributed by atoms with van der Waals surface area (Å²) in [5.41, 5.74) is 1.48. The maximum atomic E-state index is 14.7. The summed E-state index contributed by atoms with van der Waals surface area (Å²) in [4.78, 5) is 0. The van der Waals surface area contributed by atoms with Gasteiger partial charge < -0.3 is 0 Å². The van der Waals surface area contributed by atoms with Crippen LogP contribution < -0.4 is 0 Å². The first-order valence-corrected chi connectivity index (χ1v) is 7.37. The summed E-state index contributed by atoms with van der Waals surface area (Å²) in [5.74, 6) is -1.92. The van der Waals surface area contributed by atoms with Gasteiger partial charge in [0, 0.05) is 17.0 Å². The summed E-state index contributed by atoms with van der Waals surface area (Å²) in [7, 11) is 0. The van der Waals surface area contributed by atoms with Crippen LogP contribution in [0.3, 0.4) is 0 Å². The summed E-state index contributed by atoms with van der Waals surface area (Å²) in [6.07, 6.45) is 3.54. The quantitative estimate of drug-likeness (QED) is 0.515. The van der Waals surface area contributed by atoms with Gasteiger partial charge in [0.05, 0.1) is 0 Å². The van der Waals surface area contributed by atoms with Crippen molar-refractivity contribution in [2.24, 2.45) is 0 Å². The Hall–Kier alpha value is -2.55. The van der Waals surface area contributed by atoms with Crippen LogP contribution in [0.2, 0.25) is 0 Å². The van der Waals surface area contributed by atoms with E-state index in [0.717, 1.165) is 42.0 Å². The van der Waals surface area contributed by atoms with Crippen molar-refractivity contribution in [2.75, 3.05) is 0 Å². The molecule has 3 aromatic rings. The van der Waals surface area contributed by atoms with Gasteiger partial charge in [0.2, 0.25) is 0 Å². The van der Waals surface area contributed by atoms with E-state index in [9.17, 15) is 13.2 Å². The predicted octanol–water partition coefficient (Wildman–Crippen LogP) is 6.04. The predicted molar refractivity (Wildman–Crippen MR) is 87.8 cm³/mol. The lowest BCUT2D eigenvalue weighted by atomic mass is 9.98. The Morgan fingerprint density at radius 3 is 2.30 bits per heavy atom. The molecule has 0 saturated heterocycles. The average molecular weight is 312 g/mol. The van der Waals surface area contributed by atoms with Gasteiger partial charge in [0.25, 0.3) is 0 Å². The van der Waals surface area contributed by atoms with Gasteiger partial charge in [-0.05, 0) is 41.5 Å². The van der Waals surface area contributed by atoms with E-state index in [1.807, 2.05) is 18.2 Å². The molecule has 23 heavy (non-hydrogen) atoms. The smallest absolute Gasteiger partial charge is 0.138 e. The molecule has 0 saturated carbocycles. The van der Waals surface area contributed by atoms with Crippen molar-refractivity contribution in [3.05, 3.63) is 84.2 Å². The zero-order valence-electron chi connectivity index (χ0n) is 12.5. The van der Waals surface area contributed by atoms with Crippen molar-refractivity contribution in [1.29, 1.82) is 0 Å². The fraction of sp³-hybridized carbons (Fsp3) is 0.100. The summed E-state index contributed by atoms with van der Waals surface area (Å²) >= 11 is 0. The minimum Gasteiger partial charge on any atom is -0.207 e.